The molecule has 0 radical (unpaired) electrons. The van der Waals surface area contributed by atoms with Crippen molar-refractivity contribution in [2.45, 2.75) is 13.8 Å². The van der Waals surface area contributed by atoms with E-state index >= 15 is 0 Å². The Kier molecular flexibility index (Phi) is 3.44. The molecule has 0 aliphatic rings. The second-order valence-corrected chi connectivity index (χ2v) is 5.02. The Morgan fingerprint density at radius 3 is 2.71 bits per heavy atom. The number of benzene rings is 2. The van der Waals surface area contributed by atoms with Gasteiger partial charge in [-0.15, -0.1) is 0 Å². The highest BCUT2D eigenvalue weighted by molar-refractivity contribution is 5.92. The van der Waals surface area contributed by atoms with Crippen LogP contribution < -0.4 is 10.1 Å². The summed E-state index contributed by atoms with van der Waals surface area (Å²) in [5.41, 5.74) is 4.14. The van der Waals surface area contributed by atoms with Gasteiger partial charge >= 0.3 is 0 Å². The van der Waals surface area contributed by atoms with E-state index in [1.165, 1.54) is 0 Å². The molecule has 0 aliphatic heterocycles. The van der Waals surface area contributed by atoms with Crippen molar-refractivity contribution in [3.8, 4) is 5.75 Å². The first-order valence-electron chi connectivity index (χ1n) is 6.81. The fourth-order valence-corrected chi connectivity index (χ4v) is 2.36. The predicted octanol–water partition coefficient (Wildman–Crippen LogP) is 4.00. The van der Waals surface area contributed by atoms with Crippen molar-refractivity contribution >= 4 is 22.4 Å². The zero-order chi connectivity index (χ0) is 14.8. The van der Waals surface area contributed by atoms with E-state index < -0.39 is 0 Å². The summed E-state index contributed by atoms with van der Waals surface area (Å²) < 4.78 is 5.43. The number of anilines is 2. The molecule has 0 aliphatic carbocycles. The third-order valence-electron chi connectivity index (χ3n) is 3.48. The summed E-state index contributed by atoms with van der Waals surface area (Å²) in [5, 5.41) is 4.34. The summed E-state index contributed by atoms with van der Waals surface area (Å²) in [6, 6.07) is 12.1. The van der Waals surface area contributed by atoms with Gasteiger partial charge in [0.25, 0.3) is 0 Å². The molecule has 4 heteroatoms. The van der Waals surface area contributed by atoms with E-state index in [0.29, 0.717) is 0 Å². The van der Waals surface area contributed by atoms with Crippen LogP contribution >= 0.6 is 0 Å². The van der Waals surface area contributed by atoms with Gasteiger partial charge in [-0.3, -0.25) is 0 Å². The number of rotatable bonds is 3. The third-order valence-corrected chi connectivity index (χ3v) is 3.48. The molecule has 2 aromatic carbocycles. The highest BCUT2D eigenvalue weighted by Gasteiger charge is 2.08. The first-order valence-corrected chi connectivity index (χ1v) is 6.81. The summed E-state index contributed by atoms with van der Waals surface area (Å²) in [6.45, 7) is 4.08. The number of nitrogens with one attached hydrogen (secondary N) is 1. The molecule has 1 aromatic heterocycles. The first-order chi connectivity index (χ1) is 10.2. The van der Waals surface area contributed by atoms with Crippen LogP contribution in [0.4, 0.5) is 11.5 Å². The van der Waals surface area contributed by atoms with E-state index in [1.807, 2.05) is 50.2 Å². The minimum atomic E-state index is 0.783. The second-order valence-electron chi connectivity index (χ2n) is 5.02. The Bertz CT molecular complexity index is 799. The van der Waals surface area contributed by atoms with E-state index in [0.717, 1.165) is 39.3 Å². The highest BCUT2D eigenvalue weighted by atomic mass is 16.5. The third kappa shape index (κ3) is 2.52. The lowest BCUT2D eigenvalue weighted by Crippen LogP contribution is -1.99. The Morgan fingerprint density at radius 2 is 1.90 bits per heavy atom. The van der Waals surface area contributed by atoms with Gasteiger partial charge in [-0.05, 0) is 43.2 Å². The van der Waals surface area contributed by atoms with Crippen LogP contribution in [0.25, 0.3) is 10.9 Å². The maximum atomic E-state index is 5.43. The molecule has 0 spiro atoms. The van der Waals surface area contributed by atoms with Gasteiger partial charge < -0.3 is 10.1 Å². The lowest BCUT2D eigenvalue weighted by Gasteiger charge is -2.13. The van der Waals surface area contributed by atoms with Crippen LogP contribution in [0.1, 0.15) is 11.1 Å². The molecule has 0 saturated heterocycles. The van der Waals surface area contributed by atoms with Crippen LogP contribution in [0.2, 0.25) is 0 Å². The van der Waals surface area contributed by atoms with Crippen LogP contribution in [0.3, 0.4) is 0 Å². The largest absolute Gasteiger partial charge is 0.495 e. The smallest absolute Gasteiger partial charge is 0.142 e. The van der Waals surface area contributed by atoms with E-state index in [1.54, 1.807) is 13.4 Å². The normalized spacial score (nSPS) is 10.6. The summed E-state index contributed by atoms with van der Waals surface area (Å²) in [7, 11) is 1.67. The van der Waals surface area contributed by atoms with Crippen molar-refractivity contribution in [2.24, 2.45) is 0 Å². The Morgan fingerprint density at radius 1 is 1.05 bits per heavy atom. The lowest BCUT2D eigenvalue weighted by atomic mass is 10.1. The molecule has 4 nitrogen and oxygen atoms in total. The average molecular weight is 279 g/mol. The molecular weight excluding hydrogens is 262 g/mol. The number of hydrogen-bond donors (Lipinski definition) is 1. The number of nitrogens with zero attached hydrogens (tertiary/aromatic N) is 2. The molecule has 0 amide bonds. The van der Waals surface area contributed by atoms with Crippen molar-refractivity contribution in [1.82, 2.24) is 9.97 Å². The van der Waals surface area contributed by atoms with E-state index in [2.05, 4.69) is 15.3 Å². The Labute approximate surface area is 123 Å². The standard InChI is InChI=1S/C17H17N3O/c1-11-7-8-14(15(9-11)21-3)20-17-13-6-4-5-12(2)16(13)18-10-19-17/h4-10H,1-3H3,(H,18,19,20). The summed E-state index contributed by atoms with van der Waals surface area (Å²) in [6.07, 6.45) is 1.58. The molecule has 3 aromatic rings. The van der Waals surface area contributed by atoms with Crippen molar-refractivity contribution in [3.63, 3.8) is 0 Å². The highest BCUT2D eigenvalue weighted by Crippen LogP contribution is 2.30. The molecule has 0 atom stereocenters. The topological polar surface area (TPSA) is 47.0 Å². The average Bonchev–Trinajstić information content (AvgIpc) is 2.50. The number of aromatic nitrogens is 2. The van der Waals surface area contributed by atoms with Crippen molar-refractivity contribution in [3.05, 3.63) is 53.9 Å². The fourth-order valence-electron chi connectivity index (χ4n) is 2.36. The number of methoxy groups -OCH3 is 1. The van der Waals surface area contributed by atoms with Gasteiger partial charge in [0.15, 0.2) is 0 Å². The van der Waals surface area contributed by atoms with Gasteiger partial charge in [0.2, 0.25) is 0 Å². The minimum Gasteiger partial charge on any atom is -0.495 e. The van der Waals surface area contributed by atoms with Crippen molar-refractivity contribution in [1.29, 1.82) is 0 Å². The van der Waals surface area contributed by atoms with E-state index in [9.17, 15) is 0 Å². The van der Waals surface area contributed by atoms with Crippen molar-refractivity contribution < 1.29 is 4.74 Å². The molecule has 106 valence electrons. The molecular formula is C17H17N3O. The van der Waals surface area contributed by atoms with E-state index in [-0.39, 0.29) is 0 Å². The minimum absolute atomic E-state index is 0.783. The molecule has 0 saturated carbocycles. The number of aryl methyl sites for hydroxylation is 2. The van der Waals surface area contributed by atoms with Gasteiger partial charge in [-0.2, -0.15) is 0 Å². The maximum Gasteiger partial charge on any atom is 0.142 e. The molecule has 0 unspecified atom stereocenters. The predicted molar refractivity (Wildman–Crippen MR) is 85.3 cm³/mol. The number of para-hydroxylation sites is 1. The molecule has 3 rings (SSSR count). The molecule has 21 heavy (non-hydrogen) atoms. The molecule has 0 bridgehead atoms. The van der Waals surface area contributed by atoms with Gasteiger partial charge in [0, 0.05) is 5.39 Å². The number of fused-ring (bicyclic) bond motifs is 1. The zero-order valence-corrected chi connectivity index (χ0v) is 12.3. The van der Waals surface area contributed by atoms with Crippen LogP contribution in [0.5, 0.6) is 5.75 Å². The maximum absolute atomic E-state index is 5.43. The SMILES string of the molecule is COc1cc(C)ccc1Nc1ncnc2c(C)cccc12. The summed E-state index contributed by atoms with van der Waals surface area (Å²) >= 11 is 0. The first kappa shape index (κ1) is 13.4. The van der Waals surface area contributed by atoms with Crippen molar-refractivity contribution in [2.75, 3.05) is 12.4 Å². The monoisotopic (exact) mass is 279 g/mol. The van der Waals surface area contributed by atoms with Gasteiger partial charge in [0.1, 0.15) is 17.9 Å². The second kappa shape index (κ2) is 5.40. The van der Waals surface area contributed by atoms with Crippen LogP contribution in [0, 0.1) is 13.8 Å². The quantitative estimate of drug-likeness (QED) is 0.787. The Balaban J connectivity index is 2.09. The summed E-state index contributed by atoms with van der Waals surface area (Å²) in [5.74, 6) is 1.58. The van der Waals surface area contributed by atoms with Crippen LogP contribution in [-0.4, -0.2) is 17.1 Å². The summed E-state index contributed by atoms with van der Waals surface area (Å²) in [4.78, 5) is 8.72. The number of hydrogen-bond acceptors (Lipinski definition) is 4. The van der Waals surface area contributed by atoms with Gasteiger partial charge in [-0.25, -0.2) is 9.97 Å². The van der Waals surface area contributed by atoms with Crippen LogP contribution in [0.15, 0.2) is 42.7 Å². The van der Waals surface area contributed by atoms with Gasteiger partial charge in [0.05, 0.1) is 18.3 Å². The Hall–Kier alpha value is -2.62. The van der Waals surface area contributed by atoms with E-state index in [4.69, 9.17) is 4.74 Å². The molecule has 1 N–H and O–H groups in total. The fraction of sp³-hybridized carbons (Fsp3) is 0.176. The number of ether oxygens (including phenoxy) is 1. The lowest BCUT2D eigenvalue weighted by molar-refractivity contribution is 0.416. The molecule has 1 heterocycles. The zero-order valence-electron chi connectivity index (χ0n) is 12.3. The molecule has 0 fully saturated rings. The van der Waals surface area contributed by atoms with Gasteiger partial charge in [-0.1, -0.05) is 18.2 Å². The van der Waals surface area contributed by atoms with Crippen LogP contribution in [-0.2, 0) is 0 Å².